The maximum atomic E-state index is 4.50. The van der Waals surface area contributed by atoms with E-state index in [1.807, 2.05) is 19.3 Å². The monoisotopic (exact) mass is 247 g/mol. The van der Waals surface area contributed by atoms with Crippen LogP contribution in [0.3, 0.4) is 0 Å². The number of piperidine rings is 1. The zero-order valence-corrected chi connectivity index (χ0v) is 12.3. The Morgan fingerprint density at radius 1 is 1.28 bits per heavy atom. The molecule has 0 aliphatic carbocycles. The van der Waals surface area contributed by atoms with E-state index in [4.69, 9.17) is 0 Å². The molecule has 3 nitrogen and oxygen atoms in total. The van der Waals surface area contributed by atoms with E-state index in [1.54, 1.807) is 0 Å². The highest BCUT2D eigenvalue weighted by Gasteiger charge is 2.37. The molecule has 18 heavy (non-hydrogen) atoms. The van der Waals surface area contributed by atoms with Crippen LogP contribution in [0.2, 0.25) is 0 Å². The summed E-state index contributed by atoms with van der Waals surface area (Å²) < 4.78 is 0. The van der Waals surface area contributed by atoms with E-state index in [2.05, 4.69) is 42.6 Å². The first-order valence-electron chi connectivity index (χ1n) is 6.94. The minimum atomic E-state index is 0.346. The maximum Gasteiger partial charge on any atom is 0.147 e. The van der Waals surface area contributed by atoms with Gasteiger partial charge in [0.1, 0.15) is 5.82 Å². The Bertz CT molecular complexity index is 395. The predicted molar refractivity (Wildman–Crippen MR) is 75.7 cm³/mol. The highest BCUT2D eigenvalue weighted by Crippen LogP contribution is 2.40. The van der Waals surface area contributed by atoms with Gasteiger partial charge in [0, 0.05) is 13.1 Å². The van der Waals surface area contributed by atoms with Crippen molar-refractivity contribution in [1.82, 2.24) is 9.97 Å². The van der Waals surface area contributed by atoms with Crippen LogP contribution in [0.15, 0.2) is 12.4 Å². The fraction of sp³-hybridized carbons (Fsp3) is 0.733. The van der Waals surface area contributed by atoms with Crippen LogP contribution in [0.4, 0.5) is 5.82 Å². The number of aryl methyl sites for hydroxylation is 1. The molecule has 0 amide bonds. The summed E-state index contributed by atoms with van der Waals surface area (Å²) in [4.78, 5) is 11.2. The Morgan fingerprint density at radius 3 is 2.50 bits per heavy atom. The summed E-state index contributed by atoms with van der Waals surface area (Å²) in [7, 11) is 0. The van der Waals surface area contributed by atoms with Crippen molar-refractivity contribution in [3.05, 3.63) is 18.1 Å². The molecular formula is C15H25N3. The lowest BCUT2D eigenvalue weighted by molar-refractivity contribution is 0.127. The molecule has 0 radical (unpaired) electrons. The molecule has 1 aliphatic rings. The minimum Gasteiger partial charge on any atom is -0.355 e. The van der Waals surface area contributed by atoms with Crippen molar-refractivity contribution in [2.24, 2.45) is 17.3 Å². The van der Waals surface area contributed by atoms with Crippen molar-refractivity contribution in [2.45, 2.75) is 41.0 Å². The highest BCUT2D eigenvalue weighted by atomic mass is 15.2. The molecule has 1 aromatic heterocycles. The second-order valence-electron chi connectivity index (χ2n) is 6.57. The molecule has 1 aliphatic heterocycles. The van der Waals surface area contributed by atoms with Crippen molar-refractivity contribution in [2.75, 3.05) is 18.0 Å². The average Bonchev–Trinajstić information content (AvgIpc) is 2.28. The van der Waals surface area contributed by atoms with Crippen molar-refractivity contribution < 1.29 is 0 Å². The van der Waals surface area contributed by atoms with Crippen LogP contribution in [0.5, 0.6) is 0 Å². The summed E-state index contributed by atoms with van der Waals surface area (Å²) in [5.74, 6) is 2.58. The summed E-state index contributed by atoms with van der Waals surface area (Å²) in [5, 5.41) is 0. The summed E-state index contributed by atoms with van der Waals surface area (Å²) in [6.45, 7) is 13.6. The van der Waals surface area contributed by atoms with Gasteiger partial charge < -0.3 is 4.90 Å². The number of hydrogen-bond donors (Lipinski definition) is 0. The molecule has 0 spiro atoms. The molecule has 0 saturated carbocycles. The summed E-state index contributed by atoms with van der Waals surface area (Å²) in [6.07, 6.45) is 5.01. The number of aromatic nitrogens is 2. The number of anilines is 1. The van der Waals surface area contributed by atoms with E-state index in [-0.39, 0.29) is 0 Å². The molecule has 0 N–H and O–H groups in total. The van der Waals surface area contributed by atoms with E-state index in [9.17, 15) is 0 Å². The number of hydrogen-bond acceptors (Lipinski definition) is 3. The smallest absolute Gasteiger partial charge is 0.147 e. The third-order valence-electron chi connectivity index (χ3n) is 4.21. The minimum absolute atomic E-state index is 0.346. The van der Waals surface area contributed by atoms with Gasteiger partial charge in [-0.3, -0.25) is 4.98 Å². The zero-order chi connectivity index (χ0) is 13.3. The molecule has 1 aromatic rings. The average molecular weight is 247 g/mol. The Morgan fingerprint density at radius 2 is 2.00 bits per heavy atom. The van der Waals surface area contributed by atoms with Gasteiger partial charge in [-0.25, -0.2) is 4.98 Å². The lowest BCUT2D eigenvalue weighted by Gasteiger charge is -2.46. The van der Waals surface area contributed by atoms with Crippen LogP contribution < -0.4 is 4.90 Å². The van der Waals surface area contributed by atoms with Crippen molar-refractivity contribution in [3.63, 3.8) is 0 Å². The predicted octanol–water partition coefficient (Wildman–Crippen LogP) is 3.29. The van der Waals surface area contributed by atoms with Gasteiger partial charge in [0.15, 0.2) is 0 Å². The summed E-state index contributed by atoms with van der Waals surface area (Å²) in [5.41, 5.74) is 1.33. The third-order valence-corrected chi connectivity index (χ3v) is 4.21. The standard InChI is InChI=1S/C15H25N3/c1-11(2)13-6-7-18(10-15(13,4)5)14-9-16-12(3)8-17-14/h8-9,11,13H,6-7,10H2,1-5H3. The van der Waals surface area contributed by atoms with E-state index < -0.39 is 0 Å². The Balaban J connectivity index is 2.13. The first-order valence-corrected chi connectivity index (χ1v) is 6.94. The van der Waals surface area contributed by atoms with Gasteiger partial charge in [0.25, 0.3) is 0 Å². The molecular weight excluding hydrogens is 222 g/mol. The third kappa shape index (κ3) is 2.65. The van der Waals surface area contributed by atoms with E-state index in [0.29, 0.717) is 5.41 Å². The Hall–Kier alpha value is -1.12. The van der Waals surface area contributed by atoms with Crippen molar-refractivity contribution in [3.8, 4) is 0 Å². The van der Waals surface area contributed by atoms with Gasteiger partial charge in [-0.15, -0.1) is 0 Å². The fourth-order valence-corrected chi connectivity index (χ4v) is 3.35. The fourth-order valence-electron chi connectivity index (χ4n) is 3.35. The van der Waals surface area contributed by atoms with Crippen LogP contribution in [-0.2, 0) is 0 Å². The second kappa shape index (κ2) is 4.87. The Labute approximate surface area is 111 Å². The zero-order valence-electron chi connectivity index (χ0n) is 12.3. The topological polar surface area (TPSA) is 29.0 Å². The molecule has 0 aromatic carbocycles. The van der Waals surface area contributed by atoms with Crippen LogP contribution in [0.25, 0.3) is 0 Å². The lowest BCUT2D eigenvalue weighted by atomic mass is 9.69. The van der Waals surface area contributed by atoms with Gasteiger partial charge in [-0.05, 0) is 30.6 Å². The molecule has 1 saturated heterocycles. The first-order chi connectivity index (χ1) is 8.40. The summed E-state index contributed by atoms with van der Waals surface area (Å²) >= 11 is 0. The molecule has 0 bridgehead atoms. The van der Waals surface area contributed by atoms with Crippen LogP contribution >= 0.6 is 0 Å². The van der Waals surface area contributed by atoms with E-state index in [1.165, 1.54) is 6.42 Å². The summed E-state index contributed by atoms with van der Waals surface area (Å²) in [6, 6.07) is 0. The molecule has 1 unspecified atom stereocenters. The van der Waals surface area contributed by atoms with Crippen LogP contribution in [0, 0.1) is 24.2 Å². The van der Waals surface area contributed by atoms with Gasteiger partial charge in [-0.1, -0.05) is 27.7 Å². The highest BCUT2D eigenvalue weighted by molar-refractivity contribution is 5.37. The molecule has 2 heterocycles. The van der Waals surface area contributed by atoms with Gasteiger partial charge in [0.05, 0.1) is 18.1 Å². The second-order valence-corrected chi connectivity index (χ2v) is 6.57. The quantitative estimate of drug-likeness (QED) is 0.803. The van der Waals surface area contributed by atoms with Gasteiger partial charge in [0.2, 0.25) is 0 Å². The van der Waals surface area contributed by atoms with Crippen molar-refractivity contribution in [1.29, 1.82) is 0 Å². The van der Waals surface area contributed by atoms with Gasteiger partial charge >= 0.3 is 0 Å². The lowest BCUT2D eigenvalue weighted by Crippen LogP contribution is -2.47. The van der Waals surface area contributed by atoms with Crippen LogP contribution in [0.1, 0.15) is 39.8 Å². The molecule has 100 valence electrons. The first kappa shape index (κ1) is 13.3. The molecule has 1 atom stereocenters. The SMILES string of the molecule is Cc1cnc(N2CCC(C(C)C)C(C)(C)C2)cn1. The normalized spacial score (nSPS) is 23.4. The number of nitrogens with zero attached hydrogens (tertiary/aromatic N) is 3. The van der Waals surface area contributed by atoms with Crippen LogP contribution in [-0.4, -0.2) is 23.1 Å². The van der Waals surface area contributed by atoms with E-state index >= 15 is 0 Å². The van der Waals surface area contributed by atoms with E-state index in [0.717, 1.165) is 36.4 Å². The Kier molecular flexibility index (Phi) is 3.60. The van der Waals surface area contributed by atoms with Gasteiger partial charge in [-0.2, -0.15) is 0 Å². The van der Waals surface area contributed by atoms with Crippen molar-refractivity contribution >= 4 is 5.82 Å². The maximum absolute atomic E-state index is 4.50. The largest absolute Gasteiger partial charge is 0.355 e. The number of rotatable bonds is 2. The molecule has 3 heteroatoms. The molecule has 2 rings (SSSR count). The molecule has 1 fully saturated rings.